The Morgan fingerprint density at radius 1 is 1.18 bits per heavy atom. The fraction of sp³-hybridized carbons (Fsp3) is 1.00. The van der Waals surface area contributed by atoms with E-state index in [0.717, 1.165) is 23.3 Å². The van der Waals surface area contributed by atoms with Crippen molar-refractivity contribution in [1.82, 2.24) is 10.2 Å². The number of piperidine rings is 1. The average Bonchev–Trinajstić information content (AvgIpc) is 3.00. The van der Waals surface area contributed by atoms with Crippen molar-refractivity contribution >= 4 is 11.8 Å². The molecule has 17 heavy (non-hydrogen) atoms. The van der Waals surface area contributed by atoms with Crippen LogP contribution < -0.4 is 5.32 Å². The Bertz CT molecular complexity index is 245. The summed E-state index contributed by atoms with van der Waals surface area (Å²) < 4.78 is 0. The van der Waals surface area contributed by atoms with Crippen LogP contribution in [-0.4, -0.2) is 47.6 Å². The van der Waals surface area contributed by atoms with E-state index in [0.29, 0.717) is 0 Å². The first kappa shape index (κ1) is 12.3. The first-order valence-electron chi connectivity index (χ1n) is 7.42. The molecule has 0 saturated carbocycles. The molecule has 0 aliphatic carbocycles. The van der Waals surface area contributed by atoms with Gasteiger partial charge < -0.3 is 5.32 Å². The molecule has 98 valence electrons. The second-order valence-corrected chi connectivity index (χ2v) is 7.58. The lowest BCUT2D eigenvalue weighted by molar-refractivity contribution is 0.127. The molecule has 2 nitrogen and oxygen atoms in total. The topological polar surface area (TPSA) is 15.3 Å². The highest BCUT2D eigenvalue weighted by Crippen LogP contribution is 2.33. The summed E-state index contributed by atoms with van der Waals surface area (Å²) in [7, 11) is 0. The van der Waals surface area contributed by atoms with E-state index < -0.39 is 0 Å². The quantitative estimate of drug-likeness (QED) is 0.814. The molecule has 0 bridgehead atoms. The number of rotatable bonds is 2. The largest absolute Gasteiger partial charge is 0.314 e. The highest BCUT2D eigenvalue weighted by atomic mass is 32.2. The van der Waals surface area contributed by atoms with Crippen LogP contribution >= 0.6 is 11.8 Å². The molecule has 0 aromatic heterocycles. The van der Waals surface area contributed by atoms with Crippen molar-refractivity contribution in [3.63, 3.8) is 0 Å². The predicted octanol–water partition coefficient (Wildman–Crippen LogP) is 2.34. The third-order valence-electron chi connectivity index (χ3n) is 4.94. The first-order valence-corrected chi connectivity index (χ1v) is 8.47. The van der Waals surface area contributed by atoms with Gasteiger partial charge in [-0.05, 0) is 57.7 Å². The van der Waals surface area contributed by atoms with E-state index in [9.17, 15) is 0 Å². The Morgan fingerprint density at radius 3 is 2.59 bits per heavy atom. The van der Waals surface area contributed by atoms with E-state index in [1.54, 1.807) is 0 Å². The van der Waals surface area contributed by atoms with Crippen molar-refractivity contribution in [2.75, 3.05) is 25.4 Å². The molecule has 3 saturated heterocycles. The van der Waals surface area contributed by atoms with Crippen LogP contribution in [0.2, 0.25) is 0 Å². The smallest absolute Gasteiger partial charge is 0.0196 e. The lowest BCUT2D eigenvalue weighted by atomic mass is 9.88. The van der Waals surface area contributed by atoms with Gasteiger partial charge in [0.15, 0.2) is 0 Å². The zero-order valence-electron chi connectivity index (χ0n) is 11.0. The Hall–Kier alpha value is 0.270. The molecule has 0 radical (unpaired) electrons. The van der Waals surface area contributed by atoms with Crippen LogP contribution in [-0.2, 0) is 0 Å². The van der Waals surface area contributed by atoms with Gasteiger partial charge in [0, 0.05) is 23.1 Å². The molecule has 0 amide bonds. The van der Waals surface area contributed by atoms with Crippen LogP contribution in [0.3, 0.4) is 0 Å². The van der Waals surface area contributed by atoms with Crippen LogP contribution in [0.4, 0.5) is 0 Å². The highest BCUT2D eigenvalue weighted by molar-refractivity contribution is 8.00. The van der Waals surface area contributed by atoms with Gasteiger partial charge in [-0.25, -0.2) is 0 Å². The average molecular weight is 254 g/mol. The lowest BCUT2D eigenvalue weighted by Gasteiger charge is -2.38. The van der Waals surface area contributed by atoms with E-state index in [1.165, 1.54) is 57.5 Å². The van der Waals surface area contributed by atoms with Crippen molar-refractivity contribution < 1.29 is 0 Å². The molecule has 0 aromatic carbocycles. The van der Waals surface area contributed by atoms with Crippen molar-refractivity contribution in [2.45, 2.75) is 56.4 Å². The molecule has 1 N–H and O–H groups in total. The second kappa shape index (κ2) is 5.50. The number of hydrogen-bond donors (Lipinski definition) is 1. The molecular weight excluding hydrogens is 228 g/mol. The standard InChI is InChI=1S/C14H26N2S/c1-11-9-13(10-17-11)16-7-4-12(5-8-16)14-3-2-6-15-14/h11-15H,2-10H2,1H3. The third-order valence-corrected chi connectivity index (χ3v) is 6.27. The molecule has 3 fully saturated rings. The molecule has 0 aromatic rings. The van der Waals surface area contributed by atoms with E-state index in [4.69, 9.17) is 0 Å². The van der Waals surface area contributed by atoms with Crippen LogP contribution in [0.15, 0.2) is 0 Å². The molecule has 3 atom stereocenters. The molecule has 3 heterocycles. The summed E-state index contributed by atoms with van der Waals surface area (Å²) in [5.74, 6) is 2.35. The molecule has 3 unspecified atom stereocenters. The molecule has 3 rings (SSSR count). The summed E-state index contributed by atoms with van der Waals surface area (Å²) in [6.07, 6.45) is 7.14. The summed E-state index contributed by atoms with van der Waals surface area (Å²) in [6.45, 7) is 6.38. The number of hydrogen-bond acceptors (Lipinski definition) is 3. The fourth-order valence-electron chi connectivity index (χ4n) is 3.85. The number of nitrogens with one attached hydrogen (secondary N) is 1. The zero-order chi connectivity index (χ0) is 11.7. The van der Waals surface area contributed by atoms with Crippen LogP contribution in [0.1, 0.15) is 39.0 Å². The second-order valence-electron chi connectivity index (χ2n) is 6.11. The van der Waals surface area contributed by atoms with E-state index in [2.05, 4.69) is 28.9 Å². The number of nitrogens with zero attached hydrogens (tertiary/aromatic N) is 1. The molecule has 0 spiro atoms. The summed E-state index contributed by atoms with van der Waals surface area (Å²) in [5.41, 5.74) is 0. The van der Waals surface area contributed by atoms with Gasteiger partial charge in [0.1, 0.15) is 0 Å². The summed E-state index contributed by atoms with van der Waals surface area (Å²) >= 11 is 2.17. The Kier molecular flexibility index (Phi) is 3.98. The minimum atomic E-state index is 0.856. The van der Waals surface area contributed by atoms with E-state index >= 15 is 0 Å². The SMILES string of the molecule is CC1CC(N2CCC(C3CCCN3)CC2)CS1. The normalized spacial score (nSPS) is 41.1. The lowest BCUT2D eigenvalue weighted by Crippen LogP contribution is -2.45. The van der Waals surface area contributed by atoms with Gasteiger partial charge in [-0.3, -0.25) is 4.90 Å². The van der Waals surface area contributed by atoms with Gasteiger partial charge in [0.2, 0.25) is 0 Å². The van der Waals surface area contributed by atoms with E-state index in [-0.39, 0.29) is 0 Å². The van der Waals surface area contributed by atoms with Crippen molar-refractivity contribution in [1.29, 1.82) is 0 Å². The molecule has 3 aliphatic rings. The van der Waals surface area contributed by atoms with Gasteiger partial charge in [-0.1, -0.05) is 6.92 Å². The minimum Gasteiger partial charge on any atom is -0.314 e. The maximum atomic E-state index is 3.70. The molecular formula is C14H26N2S. The predicted molar refractivity (Wildman–Crippen MR) is 75.6 cm³/mol. The van der Waals surface area contributed by atoms with Gasteiger partial charge in [0.05, 0.1) is 0 Å². The maximum absolute atomic E-state index is 3.70. The zero-order valence-corrected chi connectivity index (χ0v) is 11.8. The molecule has 3 aliphatic heterocycles. The van der Waals surface area contributed by atoms with Gasteiger partial charge in [-0.15, -0.1) is 0 Å². The van der Waals surface area contributed by atoms with Gasteiger partial charge >= 0.3 is 0 Å². The maximum Gasteiger partial charge on any atom is 0.0196 e. The highest BCUT2D eigenvalue weighted by Gasteiger charge is 2.33. The van der Waals surface area contributed by atoms with Crippen LogP contribution in [0, 0.1) is 5.92 Å². The van der Waals surface area contributed by atoms with Gasteiger partial charge in [-0.2, -0.15) is 11.8 Å². The van der Waals surface area contributed by atoms with Crippen molar-refractivity contribution in [3.8, 4) is 0 Å². The monoisotopic (exact) mass is 254 g/mol. The number of thioether (sulfide) groups is 1. The van der Waals surface area contributed by atoms with Gasteiger partial charge in [0.25, 0.3) is 0 Å². The van der Waals surface area contributed by atoms with Crippen LogP contribution in [0.25, 0.3) is 0 Å². The van der Waals surface area contributed by atoms with Crippen molar-refractivity contribution in [3.05, 3.63) is 0 Å². The summed E-state index contributed by atoms with van der Waals surface area (Å²) in [5, 5.41) is 4.59. The fourth-order valence-corrected chi connectivity index (χ4v) is 5.11. The molecule has 3 heteroatoms. The third kappa shape index (κ3) is 2.82. The summed E-state index contributed by atoms with van der Waals surface area (Å²) in [6, 6.07) is 1.75. The number of likely N-dealkylation sites (tertiary alicyclic amines) is 1. The Morgan fingerprint density at radius 2 is 2.00 bits per heavy atom. The Balaban J connectivity index is 1.47. The minimum absolute atomic E-state index is 0.856. The van der Waals surface area contributed by atoms with Crippen molar-refractivity contribution in [2.24, 2.45) is 5.92 Å². The Labute approximate surface area is 110 Å². The first-order chi connectivity index (χ1) is 8.33. The van der Waals surface area contributed by atoms with E-state index in [1.807, 2.05) is 0 Å². The summed E-state index contributed by atoms with van der Waals surface area (Å²) in [4.78, 5) is 2.78. The van der Waals surface area contributed by atoms with Crippen LogP contribution in [0.5, 0.6) is 0 Å².